The Labute approximate surface area is 98.3 Å². The van der Waals surface area contributed by atoms with Gasteiger partial charge >= 0.3 is 5.97 Å². The van der Waals surface area contributed by atoms with Crippen LogP contribution in [0, 0.1) is 0 Å². The summed E-state index contributed by atoms with van der Waals surface area (Å²) in [5, 5.41) is 8.19. The molecule has 4 nitrogen and oxygen atoms in total. The molecule has 16 heavy (non-hydrogen) atoms. The van der Waals surface area contributed by atoms with Crippen molar-refractivity contribution in [3.8, 4) is 0 Å². The van der Waals surface area contributed by atoms with Gasteiger partial charge in [0.1, 0.15) is 6.61 Å². The summed E-state index contributed by atoms with van der Waals surface area (Å²) in [7, 11) is 0. The molecule has 0 aliphatic heterocycles. The van der Waals surface area contributed by atoms with Crippen LogP contribution < -0.4 is 0 Å². The maximum Gasteiger partial charge on any atom is 0.333 e. The fourth-order valence-corrected chi connectivity index (χ4v) is 0.652. The third kappa shape index (κ3) is 15.6. The van der Waals surface area contributed by atoms with Gasteiger partial charge in [0.15, 0.2) is 0 Å². The summed E-state index contributed by atoms with van der Waals surface area (Å²) >= 11 is 0. The molecule has 96 valence electrons. The first-order valence-electron chi connectivity index (χ1n) is 5.61. The van der Waals surface area contributed by atoms with Crippen molar-refractivity contribution in [2.24, 2.45) is 0 Å². The summed E-state index contributed by atoms with van der Waals surface area (Å²) in [5.41, 5.74) is 0.350. The number of hydrogen-bond acceptors (Lipinski definition) is 4. The Morgan fingerprint density at radius 2 is 1.69 bits per heavy atom. The van der Waals surface area contributed by atoms with Crippen molar-refractivity contribution in [3.63, 3.8) is 0 Å². The second-order valence-corrected chi connectivity index (χ2v) is 3.25. The monoisotopic (exact) mass is 232 g/mol. The van der Waals surface area contributed by atoms with E-state index in [9.17, 15) is 4.79 Å². The van der Waals surface area contributed by atoms with E-state index in [0.29, 0.717) is 5.57 Å². The summed E-state index contributed by atoms with van der Waals surface area (Å²) in [4.78, 5) is 10.5. The van der Waals surface area contributed by atoms with Crippen LogP contribution in [0.3, 0.4) is 0 Å². The molecule has 4 heteroatoms. The molecule has 0 unspecified atom stereocenters. The molecule has 0 saturated carbocycles. The third-order valence-electron chi connectivity index (χ3n) is 1.37. The fraction of sp³-hybridized carbons (Fsp3) is 0.750. The van der Waals surface area contributed by atoms with Gasteiger partial charge in [-0.15, -0.1) is 0 Å². The molecule has 0 amide bonds. The van der Waals surface area contributed by atoms with Crippen LogP contribution in [0.15, 0.2) is 12.2 Å². The first kappa shape index (κ1) is 17.5. The van der Waals surface area contributed by atoms with Gasteiger partial charge in [0.25, 0.3) is 0 Å². The van der Waals surface area contributed by atoms with E-state index in [2.05, 4.69) is 25.2 Å². The predicted molar refractivity (Wildman–Crippen MR) is 64.3 cm³/mol. The van der Waals surface area contributed by atoms with Crippen molar-refractivity contribution in [2.75, 3.05) is 26.4 Å². The molecule has 0 saturated heterocycles. The number of aliphatic hydroxyl groups is 1. The largest absolute Gasteiger partial charge is 0.460 e. The van der Waals surface area contributed by atoms with Crippen molar-refractivity contribution >= 4 is 5.97 Å². The van der Waals surface area contributed by atoms with E-state index in [1.54, 1.807) is 6.92 Å². The first-order chi connectivity index (χ1) is 7.59. The molecule has 0 rings (SSSR count). The van der Waals surface area contributed by atoms with E-state index in [0.717, 1.165) is 26.1 Å². The lowest BCUT2D eigenvalue weighted by Crippen LogP contribution is -2.08. The van der Waals surface area contributed by atoms with Gasteiger partial charge in [0, 0.05) is 18.8 Å². The molecule has 0 spiro atoms. The van der Waals surface area contributed by atoms with Crippen molar-refractivity contribution in [3.05, 3.63) is 12.2 Å². The van der Waals surface area contributed by atoms with Crippen LogP contribution in [0.4, 0.5) is 0 Å². The van der Waals surface area contributed by atoms with E-state index < -0.39 is 5.97 Å². The summed E-state index contributed by atoms with van der Waals surface area (Å²) in [6, 6.07) is 0. The molecule has 0 atom stereocenters. The highest BCUT2D eigenvalue weighted by Crippen LogP contribution is 1.89. The van der Waals surface area contributed by atoms with Crippen LogP contribution in [-0.2, 0) is 14.3 Å². The highest BCUT2D eigenvalue weighted by atomic mass is 16.5. The van der Waals surface area contributed by atoms with E-state index in [4.69, 9.17) is 9.84 Å². The lowest BCUT2D eigenvalue weighted by molar-refractivity contribution is -0.139. The molecule has 0 aliphatic carbocycles. The molecule has 0 heterocycles. The minimum Gasteiger partial charge on any atom is -0.460 e. The summed E-state index contributed by atoms with van der Waals surface area (Å²) in [6.07, 6.45) is 2.28. The first-order valence-corrected chi connectivity index (χ1v) is 5.61. The van der Waals surface area contributed by atoms with E-state index >= 15 is 0 Å². The third-order valence-corrected chi connectivity index (χ3v) is 1.37. The van der Waals surface area contributed by atoms with Gasteiger partial charge < -0.3 is 14.6 Å². The summed E-state index contributed by atoms with van der Waals surface area (Å²) in [5.74, 6) is -0.455. The molecule has 1 N–H and O–H groups in total. The normalized spacial score (nSPS) is 9.00. The van der Waals surface area contributed by atoms with Crippen LogP contribution in [0.5, 0.6) is 0 Å². The molecular weight excluding hydrogens is 208 g/mol. The molecular formula is C12H24O4. The zero-order valence-corrected chi connectivity index (χ0v) is 10.6. The number of carbonyl (C=O) groups excluding carboxylic acids is 1. The van der Waals surface area contributed by atoms with Crippen LogP contribution in [-0.4, -0.2) is 37.5 Å². The maximum atomic E-state index is 10.5. The minimum atomic E-state index is -0.455. The molecule has 0 aromatic heterocycles. The second kappa shape index (κ2) is 14.1. The average Bonchev–Trinajstić information content (AvgIpc) is 2.27. The van der Waals surface area contributed by atoms with E-state index in [-0.39, 0.29) is 13.2 Å². The highest BCUT2D eigenvalue weighted by Gasteiger charge is 1.99. The summed E-state index contributed by atoms with van der Waals surface area (Å²) in [6.45, 7) is 10.9. The molecule has 0 aliphatic rings. The quantitative estimate of drug-likeness (QED) is 0.414. The number of ether oxygens (including phenoxy) is 2. The topological polar surface area (TPSA) is 55.8 Å². The summed E-state index contributed by atoms with van der Waals surface area (Å²) < 4.78 is 9.60. The average molecular weight is 232 g/mol. The van der Waals surface area contributed by atoms with Crippen LogP contribution in [0.2, 0.25) is 0 Å². The number of rotatable bonds is 7. The van der Waals surface area contributed by atoms with Crippen LogP contribution >= 0.6 is 0 Å². The van der Waals surface area contributed by atoms with Gasteiger partial charge in [-0.1, -0.05) is 20.4 Å². The number of esters is 1. The smallest absolute Gasteiger partial charge is 0.333 e. The van der Waals surface area contributed by atoms with E-state index in [1.165, 1.54) is 0 Å². The van der Waals surface area contributed by atoms with Crippen molar-refractivity contribution in [2.45, 2.75) is 33.6 Å². The van der Waals surface area contributed by atoms with Crippen molar-refractivity contribution in [1.29, 1.82) is 0 Å². The fourth-order valence-electron chi connectivity index (χ4n) is 0.652. The standard InChI is InChI=1S/C6H10O3.C6H14O/c1-5(2)6(8)9-4-3-7;1-3-5-7-6-4-2/h7H,1,3-4H2,2H3;3-6H2,1-2H3. The maximum absolute atomic E-state index is 10.5. The van der Waals surface area contributed by atoms with Gasteiger partial charge in [0.05, 0.1) is 6.61 Å². The van der Waals surface area contributed by atoms with Crippen molar-refractivity contribution in [1.82, 2.24) is 0 Å². The molecule has 0 bridgehead atoms. The van der Waals surface area contributed by atoms with Crippen molar-refractivity contribution < 1.29 is 19.4 Å². The Morgan fingerprint density at radius 3 is 2.00 bits per heavy atom. The molecule has 0 fully saturated rings. The Bertz CT molecular complexity index is 174. The van der Waals surface area contributed by atoms with Gasteiger partial charge in [-0.2, -0.15) is 0 Å². The molecule has 0 radical (unpaired) electrons. The number of carbonyl (C=O) groups is 1. The number of hydrogen-bond donors (Lipinski definition) is 1. The molecule has 0 aromatic carbocycles. The zero-order chi connectivity index (χ0) is 12.8. The number of aliphatic hydroxyl groups excluding tert-OH is 1. The predicted octanol–water partition coefficient (Wildman–Crippen LogP) is 1.92. The Morgan fingerprint density at radius 1 is 1.19 bits per heavy atom. The molecule has 0 aromatic rings. The van der Waals surface area contributed by atoms with Crippen LogP contribution in [0.1, 0.15) is 33.6 Å². The Hall–Kier alpha value is -0.870. The van der Waals surface area contributed by atoms with Gasteiger partial charge in [-0.25, -0.2) is 4.79 Å². The minimum absolute atomic E-state index is 0.0473. The lowest BCUT2D eigenvalue weighted by Gasteiger charge is -1.99. The highest BCUT2D eigenvalue weighted by molar-refractivity contribution is 5.86. The van der Waals surface area contributed by atoms with Crippen LogP contribution in [0.25, 0.3) is 0 Å². The Balaban J connectivity index is 0. The van der Waals surface area contributed by atoms with Gasteiger partial charge in [-0.05, 0) is 19.8 Å². The van der Waals surface area contributed by atoms with Gasteiger partial charge in [-0.3, -0.25) is 0 Å². The lowest BCUT2D eigenvalue weighted by atomic mass is 10.4. The zero-order valence-electron chi connectivity index (χ0n) is 10.6. The van der Waals surface area contributed by atoms with Gasteiger partial charge in [0.2, 0.25) is 0 Å². The van der Waals surface area contributed by atoms with E-state index in [1.807, 2.05) is 0 Å². The second-order valence-electron chi connectivity index (χ2n) is 3.25. The SMILES string of the molecule is C=C(C)C(=O)OCCO.CCCOCCC. The Kier molecular flexibility index (Phi) is 15.5.